The lowest BCUT2D eigenvalue weighted by Gasteiger charge is -2.09. The highest BCUT2D eigenvalue weighted by Crippen LogP contribution is 2.12. The van der Waals surface area contributed by atoms with Crippen molar-refractivity contribution in [2.45, 2.75) is 31.2 Å². The number of benzene rings is 2. The van der Waals surface area contributed by atoms with Crippen molar-refractivity contribution in [1.82, 2.24) is 10.0 Å². The third-order valence-electron chi connectivity index (χ3n) is 3.61. The molecule has 0 heterocycles. The molecule has 144 valence electrons. The fourth-order valence-corrected chi connectivity index (χ4v) is 3.64. The minimum absolute atomic E-state index is 0.174. The quantitative estimate of drug-likeness (QED) is 0.681. The zero-order valence-corrected chi connectivity index (χ0v) is 16.1. The van der Waals surface area contributed by atoms with Gasteiger partial charge in [-0.2, -0.15) is 0 Å². The minimum atomic E-state index is -3.53. The van der Waals surface area contributed by atoms with E-state index in [2.05, 4.69) is 10.0 Å². The molecule has 0 fully saturated rings. The molecule has 0 bridgehead atoms. The van der Waals surface area contributed by atoms with E-state index >= 15 is 0 Å². The summed E-state index contributed by atoms with van der Waals surface area (Å²) in [6.07, 6.45) is 3.51. The molecule has 27 heavy (non-hydrogen) atoms. The Morgan fingerprint density at radius 2 is 1.85 bits per heavy atom. The molecule has 0 radical (unpaired) electrons. The molecule has 5 nitrogen and oxygen atoms in total. The maximum atomic E-state index is 13.1. The molecule has 0 saturated carbocycles. The van der Waals surface area contributed by atoms with Crippen LogP contribution in [-0.4, -0.2) is 26.9 Å². The van der Waals surface area contributed by atoms with Gasteiger partial charge < -0.3 is 5.32 Å². The van der Waals surface area contributed by atoms with Crippen molar-refractivity contribution in [1.29, 1.82) is 0 Å². The molecule has 2 N–H and O–H groups in total. The first-order valence-electron chi connectivity index (χ1n) is 8.59. The summed E-state index contributed by atoms with van der Waals surface area (Å²) in [5, 5.41) is 2.72. The first kappa shape index (κ1) is 20.8. The van der Waals surface area contributed by atoms with E-state index in [0.29, 0.717) is 18.5 Å². The number of nitrogens with one attached hydrogen (secondary N) is 2. The second-order valence-electron chi connectivity index (χ2n) is 6.35. The molecule has 2 rings (SSSR count). The summed E-state index contributed by atoms with van der Waals surface area (Å²) in [5.74, 6) is -0.572. The standard InChI is InChI=1S/C20H23FN2O3S/c1-15(2)23-27(25,26)19-9-6-16(7-10-19)8-11-20(24)22-13-12-17-4-3-5-18(21)14-17/h3-11,14-15,23H,12-13H2,1-2H3,(H,22,24)/b11-8+. The number of amides is 1. The topological polar surface area (TPSA) is 75.3 Å². The lowest BCUT2D eigenvalue weighted by atomic mass is 10.1. The van der Waals surface area contributed by atoms with Crippen LogP contribution in [-0.2, 0) is 21.2 Å². The largest absolute Gasteiger partial charge is 0.352 e. The Kier molecular flexibility index (Phi) is 7.27. The Morgan fingerprint density at radius 1 is 1.15 bits per heavy atom. The normalized spacial score (nSPS) is 11.9. The Morgan fingerprint density at radius 3 is 2.48 bits per heavy atom. The van der Waals surface area contributed by atoms with Crippen LogP contribution in [0.5, 0.6) is 0 Å². The van der Waals surface area contributed by atoms with Crippen LogP contribution in [0, 0.1) is 5.82 Å². The van der Waals surface area contributed by atoms with Crippen LogP contribution in [0.25, 0.3) is 6.08 Å². The van der Waals surface area contributed by atoms with Gasteiger partial charge in [-0.05, 0) is 61.7 Å². The van der Waals surface area contributed by atoms with Crippen LogP contribution in [0.2, 0.25) is 0 Å². The number of hydrogen-bond acceptors (Lipinski definition) is 3. The molecule has 2 aromatic carbocycles. The zero-order valence-electron chi connectivity index (χ0n) is 15.3. The highest BCUT2D eigenvalue weighted by Gasteiger charge is 2.14. The Labute approximate surface area is 159 Å². The summed E-state index contributed by atoms with van der Waals surface area (Å²) in [7, 11) is -3.53. The summed E-state index contributed by atoms with van der Waals surface area (Å²) in [5.41, 5.74) is 1.52. The van der Waals surface area contributed by atoms with Crippen molar-refractivity contribution in [2.75, 3.05) is 6.54 Å². The average molecular weight is 390 g/mol. The number of halogens is 1. The second kappa shape index (κ2) is 9.43. The maximum Gasteiger partial charge on any atom is 0.244 e. The van der Waals surface area contributed by atoms with Gasteiger partial charge in [0.1, 0.15) is 5.82 Å². The van der Waals surface area contributed by atoms with Crippen molar-refractivity contribution >= 4 is 22.0 Å². The van der Waals surface area contributed by atoms with Gasteiger partial charge in [0, 0.05) is 18.7 Å². The van der Waals surface area contributed by atoms with Gasteiger partial charge >= 0.3 is 0 Å². The summed E-state index contributed by atoms with van der Waals surface area (Å²) in [4.78, 5) is 12.0. The molecule has 0 saturated heterocycles. The number of hydrogen-bond donors (Lipinski definition) is 2. The molecule has 0 unspecified atom stereocenters. The molecule has 0 aliphatic rings. The third kappa shape index (κ3) is 6.96. The van der Waals surface area contributed by atoms with E-state index in [1.54, 1.807) is 44.2 Å². The van der Waals surface area contributed by atoms with Gasteiger partial charge in [-0.25, -0.2) is 17.5 Å². The van der Waals surface area contributed by atoms with Gasteiger partial charge in [-0.3, -0.25) is 4.79 Å². The van der Waals surface area contributed by atoms with Crippen LogP contribution < -0.4 is 10.0 Å². The van der Waals surface area contributed by atoms with Gasteiger partial charge in [-0.15, -0.1) is 0 Å². The van der Waals surface area contributed by atoms with Crippen LogP contribution in [0.15, 0.2) is 59.5 Å². The monoisotopic (exact) mass is 390 g/mol. The van der Waals surface area contributed by atoms with E-state index in [4.69, 9.17) is 0 Å². The van der Waals surface area contributed by atoms with Gasteiger partial charge in [0.15, 0.2) is 0 Å². The van der Waals surface area contributed by atoms with E-state index in [9.17, 15) is 17.6 Å². The predicted molar refractivity (Wildman–Crippen MR) is 104 cm³/mol. The number of sulfonamides is 1. The molecular weight excluding hydrogens is 367 g/mol. The minimum Gasteiger partial charge on any atom is -0.352 e. The summed E-state index contributed by atoms with van der Waals surface area (Å²) in [6, 6.07) is 12.3. The summed E-state index contributed by atoms with van der Waals surface area (Å²) < 4.78 is 39.7. The number of carbonyl (C=O) groups excluding carboxylic acids is 1. The van der Waals surface area contributed by atoms with E-state index in [1.807, 2.05) is 0 Å². The van der Waals surface area contributed by atoms with Crippen molar-refractivity contribution in [3.05, 3.63) is 71.6 Å². The third-order valence-corrected chi connectivity index (χ3v) is 5.28. The van der Waals surface area contributed by atoms with Crippen molar-refractivity contribution in [3.63, 3.8) is 0 Å². The van der Waals surface area contributed by atoms with Crippen LogP contribution in [0.3, 0.4) is 0 Å². The van der Waals surface area contributed by atoms with E-state index < -0.39 is 10.0 Å². The van der Waals surface area contributed by atoms with Crippen LogP contribution >= 0.6 is 0 Å². The van der Waals surface area contributed by atoms with Gasteiger partial charge in [0.05, 0.1) is 4.90 Å². The Hall–Kier alpha value is -2.51. The zero-order chi connectivity index (χ0) is 19.9. The average Bonchev–Trinajstić information content (AvgIpc) is 2.59. The highest BCUT2D eigenvalue weighted by atomic mass is 32.2. The molecule has 0 spiro atoms. The molecule has 1 amide bonds. The first-order chi connectivity index (χ1) is 12.8. The molecular formula is C20H23FN2O3S. The fraction of sp³-hybridized carbons (Fsp3) is 0.250. The Balaban J connectivity index is 1.87. The lowest BCUT2D eigenvalue weighted by molar-refractivity contribution is -0.116. The van der Waals surface area contributed by atoms with E-state index in [0.717, 1.165) is 5.56 Å². The molecule has 2 aromatic rings. The van der Waals surface area contributed by atoms with Gasteiger partial charge in [0.2, 0.25) is 15.9 Å². The SMILES string of the molecule is CC(C)NS(=O)(=O)c1ccc(/C=C/C(=O)NCCc2cccc(F)c2)cc1. The summed E-state index contributed by atoms with van der Waals surface area (Å²) >= 11 is 0. The lowest BCUT2D eigenvalue weighted by Crippen LogP contribution is -2.30. The van der Waals surface area contributed by atoms with Crippen molar-refractivity contribution < 1.29 is 17.6 Å². The van der Waals surface area contributed by atoms with Crippen molar-refractivity contribution in [2.24, 2.45) is 0 Å². The van der Waals surface area contributed by atoms with E-state index in [-0.39, 0.29) is 22.7 Å². The van der Waals surface area contributed by atoms with Crippen molar-refractivity contribution in [3.8, 4) is 0 Å². The number of carbonyl (C=O) groups is 1. The Bertz CT molecular complexity index is 907. The first-order valence-corrected chi connectivity index (χ1v) is 10.1. The summed E-state index contributed by atoms with van der Waals surface area (Å²) in [6.45, 7) is 3.90. The predicted octanol–water partition coefficient (Wildman–Crippen LogP) is 2.88. The van der Waals surface area contributed by atoms with Crippen LogP contribution in [0.1, 0.15) is 25.0 Å². The van der Waals surface area contributed by atoms with Gasteiger partial charge in [-0.1, -0.05) is 24.3 Å². The molecule has 0 aliphatic heterocycles. The molecule has 0 aromatic heterocycles. The molecule has 7 heteroatoms. The van der Waals surface area contributed by atoms with E-state index in [1.165, 1.54) is 30.3 Å². The number of rotatable bonds is 8. The van der Waals surface area contributed by atoms with Crippen LogP contribution in [0.4, 0.5) is 4.39 Å². The van der Waals surface area contributed by atoms with Gasteiger partial charge in [0.25, 0.3) is 0 Å². The molecule has 0 aliphatic carbocycles. The fourth-order valence-electron chi connectivity index (χ4n) is 2.39. The smallest absolute Gasteiger partial charge is 0.244 e. The maximum absolute atomic E-state index is 13.1. The molecule has 0 atom stereocenters. The highest BCUT2D eigenvalue weighted by molar-refractivity contribution is 7.89. The second-order valence-corrected chi connectivity index (χ2v) is 8.06.